The molecule has 1 aromatic rings. The van der Waals surface area contributed by atoms with Crippen LogP contribution >= 0.6 is 0 Å². The van der Waals surface area contributed by atoms with Crippen molar-refractivity contribution < 1.29 is 14.0 Å². The van der Waals surface area contributed by atoms with Crippen LogP contribution in [0.1, 0.15) is 51.4 Å². The molecule has 156 valence electrons. The number of halogens is 1. The summed E-state index contributed by atoms with van der Waals surface area (Å²) in [6.45, 7) is 3.82. The van der Waals surface area contributed by atoms with Gasteiger partial charge < -0.3 is 10.6 Å². The highest BCUT2D eigenvalue weighted by Crippen LogP contribution is 2.41. The Morgan fingerprint density at radius 1 is 0.724 bits per heavy atom. The number of fused-ring (bicyclic) bond motifs is 2. The summed E-state index contributed by atoms with van der Waals surface area (Å²) < 4.78 is 14.3. The van der Waals surface area contributed by atoms with Crippen LogP contribution in [0.4, 0.5) is 15.8 Å². The van der Waals surface area contributed by atoms with E-state index in [1.54, 1.807) is 6.07 Å². The van der Waals surface area contributed by atoms with Gasteiger partial charge in [-0.25, -0.2) is 4.39 Å². The number of carbonyl (C=O) groups excluding carboxylic acids is 2. The molecule has 4 aliphatic heterocycles. The van der Waals surface area contributed by atoms with E-state index in [1.165, 1.54) is 12.1 Å². The molecule has 5 rings (SSSR count). The third kappa shape index (κ3) is 3.06. The Morgan fingerprint density at radius 3 is 1.48 bits per heavy atom. The van der Waals surface area contributed by atoms with Crippen molar-refractivity contribution in [2.24, 2.45) is 0 Å². The predicted molar refractivity (Wildman–Crippen MR) is 109 cm³/mol. The second-order valence-corrected chi connectivity index (χ2v) is 9.09. The molecular weight excluding hydrogens is 371 g/mol. The van der Waals surface area contributed by atoms with Crippen molar-refractivity contribution in [1.82, 2.24) is 9.80 Å². The molecule has 0 saturated carbocycles. The summed E-state index contributed by atoms with van der Waals surface area (Å²) >= 11 is 0. The maximum absolute atomic E-state index is 14.3. The van der Waals surface area contributed by atoms with Crippen LogP contribution < -0.4 is 10.6 Å². The van der Waals surface area contributed by atoms with Crippen LogP contribution in [-0.2, 0) is 9.59 Å². The van der Waals surface area contributed by atoms with E-state index in [0.29, 0.717) is 11.4 Å². The number of nitrogens with zero attached hydrogens (tertiary/aromatic N) is 2. The number of nitrogens with one attached hydrogen (secondary N) is 2. The van der Waals surface area contributed by atoms with E-state index in [-0.39, 0.29) is 11.8 Å². The van der Waals surface area contributed by atoms with Crippen LogP contribution in [0.25, 0.3) is 0 Å². The fourth-order valence-electron chi connectivity index (χ4n) is 6.18. The van der Waals surface area contributed by atoms with Crippen molar-refractivity contribution in [3.05, 3.63) is 24.0 Å². The molecule has 7 heteroatoms. The number of anilines is 2. The zero-order chi connectivity index (χ0) is 20.1. The zero-order valence-corrected chi connectivity index (χ0v) is 16.8. The van der Waals surface area contributed by atoms with Crippen LogP contribution in [0.3, 0.4) is 0 Å². The Morgan fingerprint density at radius 2 is 1.10 bits per heavy atom. The van der Waals surface area contributed by atoms with E-state index in [4.69, 9.17) is 0 Å². The summed E-state index contributed by atoms with van der Waals surface area (Å²) in [5.74, 6) is -0.559. The summed E-state index contributed by atoms with van der Waals surface area (Å²) in [6.07, 6.45) is 7.53. The highest BCUT2D eigenvalue weighted by atomic mass is 19.1. The molecule has 0 aromatic heterocycles. The molecule has 4 heterocycles. The first kappa shape index (κ1) is 19.0. The Bertz CT molecular complexity index is 758. The van der Waals surface area contributed by atoms with E-state index in [9.17, 15) is 14.0 Å². The minimum absolute atomic E-state index is 0.0493. The van der Waals surface area contributed by atoms with Gasteiger partial charge in [-0.3, -0.25) is 19.4 Å². The van der Waals surface area contributed by atoms with Crippen molar-refractivity contribution in [1.29, 1.82) is 0 Å². The van der Waals surface area contributed by atoms with Crippen molar-refractivity contribution >= 4 is 23.2 Å². The molecule has 0 atom stereocenters. The number of hydrogen-bond donors (Lipinski definition) is 2. The first-order valence-corrected chi connectivity index (χ1v) is 11.0. The fraction of sp³-hybridized carbons (Fsp3) is 0.636. The SMILES string of the molecule is O=C(Nc1cc(F)cc(NC(=O)C23CCCN2CCC3)c1)C12CCCN1CCC2. The summed E-state index contributed by atoms with van der Waals surface area (Å²) in [6, 6.07) is 4.33. The lowest BCUT2D eigenvalue weighted by atomic mass is 9.92. The van der Waals surface area contributed by atoms with E-state index < -0.39 is 16.9 Å². The summed E-state index contributed by atoms with van der Waals surface area (Å²) in [4.78, 5) is 30.6. The monoisotopic (exact) mass is 400 g/mol. The maximum Gasteiger partial charge on any atom is 0.244 e. The minimum atomic E-state index is -0.461. The number of hydrogen-bond acceptors (Lipinski definition) is 4. The van der Waals surface area contributed by atoms with Crippen molar-refractivity contribution in [2.75, 3.05) is 36.8 Å². The van der Waals surface area contributed by atoms with Gasteiger partial charge in [0, 0.05) is 11.4 Å². The Labute approximate surface area is 170 Å². The summed E-state index contributed by atoms with van der Waals surface area (Å²) in [5, 5.41) is 5.86. The van der Waals surface area contributed by atoms with Crippen LogP contribution in [0.15, 0.2) is 18.2 Å². The second-order valence-electron chi connectivity index (χ2n) is 9.09. The lowest BCUT2D eigenvalue weighted by Crippen LogP contribution is -2.49. The van der Waals surface area contributed by atoms with Gasteiger partial charge in [0.2, 0.25) is 11.8 Å². The molecule has 29 heavy (non-hydrogen) atoms. The van der Waals surface area contributed by atoms with Gasteiger partial charge >= 0.3 is 0 Å². The third-order valence-corrected chi connectivity index (χ3v) is 7.54. The molecule has 0 bridgehead atoms. The number of carbonyl (C=O) groups is 2. The average molecular weight is 400 g/mol. The Hall–Kier alpha value is -1.99. The number of benzene rings is 1. The van der Waals surface area contributed by atoms with E-state index in [2.05, 4.69) is 20.4 Å². The van der Waals surface area contributed by atoms with E-state index in [0.717, 1.165) is 77.5 Å². The van der Waals surface area contributed by atoms with Crippen LogP contribution in [0.5, 0.6) is 0 Å². The smallest absolute Gasteiger partial charge is 0.244 e. The normalized spacial score (nSPS) is 25.0. The van der Waals surface area contributed by atoms with Gasteiger partial charge in [-0.15, -0.1) is 0 Å². The molecule has 6 nitrogen and oxygen atoms in total. The lowest BCUT2D eigenvalue weighted by molar-refractivity contribution is -0.125. The average Bonchev–Trinajstić information content (AvgIpc) is 3.40. The van der Waals surface area contributed by atoms with Gasteiger partial charge in [0.1, 0.15) is 16.9 Å². The van der Waals surface area contributed by atoms with Crippen LogP contribution in [0, 0.1) is 5.82 Å². The fourth-order valence-corrected chi connectivity index (χ4v) is 6.18. The predicted octanol–water partition coefficient (Wildman–Crippen LogP) is 2.96. The lowest BCUT2D eigenvalue weighted by Gasteiger charge is -2.31. The molecule has 4 fully saturated rings. The second kappa shape index (κ2) is 7.06. The molecule has 2 N–H and O–H groups in total. The van der Waals surface area contributed by atoms with E-state index in [1.807, 2.05) is 0 Å². The molecule has 1 aromatic carbocycles. The number of amides is 2. The van der Waals surface area contributed by atoms with Crippen LogP contribution in [-0.4, -0.2) is 58.9 Å². The summed E-state index contributed by atoms with van der Waals surface area (Å²) in [7, 11) is 0. The van der Waals surface area contributed by atoms with Gasteiger partial charge in [0.25, 0.3) is 0 Å². The molecule has 0 radical (unpaired) electrons. The Balaban J connectivity index is 1.33. The standard InChI is InChI=1S/C22H29FN4O2/c23-16-13-17(24-19(28)21-5-1-9-26(21)10-2-6-21)15-18(14-16)25-20(29)22-7-3-11-27(22)12-4-8-22/h13-15H,1-12H2,(H,24,28)(H,25,29). The zero-order valence-electron chi connectivity index (χ0n) is 16.8. The molecule has 0 aliphatic carbocycles. The molecular formula is C22H29FN4O2. The highest BCUT2D eigenvalue weighted by Gasteiger charge is 2.51. The van der Waals surface area contributed by atoms with Gasteiger partial charge in [-0.1, -0.05) is 0 Å². The van der Waals surface area contributed by atoms with Crippen molar-refractivity contribution in [3.63, 3.8) is 0 Å². The molecule has 4 saturated heterocycles. The highest BCUT2D eigenvalue weighted by molar-refractivity contribution is 6.01. The molecule has 4 aliphatic rings. The third-order valence-electron chi connectivity index (χ3n) is 7.54. The first-order chi connectivity index (χ1) is 14.0. The topological polar surface area (TPSA) is 64.7 Å². The largest absolute Gasteiger partial charge is 0.324 e. The van der Waals surface area contributed by atoms with Crippen molar-refractivity contribution in [3.8, 4) is 0 Å². The van der Waals surface area contributed by atoms with Gasteiger partial charge in [-0.05, 0) is 95.7 Å². The minimum Gasteiger partial charge on any atom is -0.324 e. The Kier molecular flexibility index (Phi) is 4.62. The quantitative estimate of drug-likeness (QED) is 0.816. The van der Waals surface area contributed by atoms with Crippen LogP contribution in [0.2, 0.25) is 0 Å². The van der Waals surface area contributed by atoms with Crippen molar-refractivity contribution in [2.45, 2.75) is 62.4 Å². The summed E-state index contributed by atoms with van der Waals surface area (Å²) in [5.41, 5.74) is -0.0672. The molecule has 0 spiro atoms. The van der Waals surface area contributed by atoms with E-state index >= 15 is 0 Å². The van der Waals surface area contributed by atoms with Gasteiger partial charge in [-0.2, -0.15) is 0 Å². The first-order valence-electron chi connectivity index (χ1n) is 11.0. The number of rotatable bonds is 4. The maximum atomic E-state index is 14.3. The van der Waals surface area contributed by atoms with Gasteiger partial charge in [0.05, 0.1) is 0 Å². The molecule has 2 amide bonds. The molecule has 0 unspecified atom stereocenters. The van der Waals surface area contributed by atoms with Gasteiger partial charge in [0.15, 0.2) is 0 Å².